The highest BCUT2D eigenvalue weighted by molar-refractivity contribution is 5.56. The molecular formula is C14H20N2O4. The van der Waals surface area contributed by atoms with Gasteiger partial charge in [-0.3, -0.25) is 10.1 Å². The van der Waals surface area contributed by atoms with E-state index < -0.39 is 4.92 Å². The van der Waals surface area contributed by atoms with E-state index in [0.717, 1.165) is 25.9 Å². The van der Waals surface area contributed by atoms with Gasteiger partial charge in [0.2, 0.25) is 0 Å². The smallest absolute Gasteiger partial charge is 0.275 e. The van der Waals surface area contributed by atoms with Crippen molar-refractivity contribution in [2.24, 2.45) is 0 Å². The largest absolute Gasteiger partial charge is 0.491 e. The Hall–Kier alpha value is -1.82. The Morgan fingerprint density at radius 3 is 2.95 bits per heavy atom. The second-order valence-corrected chi connectivity index (χ2v) is 4.80. The topological polar surface area (TPSA) is 73.6 Å². The fraction of sp³-hybridized carbons (Fsp3) is 0.571. The molecule has 1 aromatic rings. The molecule has 20 heavy (non-hydrogen) atoms. The maximum atomic E-state index is 10.9. The molecule has 6 nitrogen and oxygen atoms in total. The monoisotopic (exact) mass is 280 g/mol. The third kappa shape index (κ3) is 4.09. The van der Waals surface area contributed by atoms with Crippen molar-refractivity contribution in [1.29, 1.82) is 0 Å². The first kappa shape index (κ1) is 14.6. The average Bonchev–Trinajstić information content (AvgIpc) is 2.46. The lowest BCUT2D eigenvalue weighted by molar-refractivity contribution is -0.384. The zero-order valence-corrected chi connectivity index (χ0v) is 11.6. The lowest BCUT2D eigenvalue weighted by atomic mass is 10.1. The van der Waals surface area contributed by atoms with Crippen molar-refractivity contribution in [2.45, 2.75) is 32.3 Å². The molecule has 0 radical (unpaired) electrons. The summed E-state index contributed by atoms with van der Waals surface area (Å²) in [5.41, 5.74) is 0.726. The summed E-state index contributed by atoms with van der Waals surface area (Å²) in [5, 5.41) is 14.0. The first-order valence-corrected chi connectivity index (χ1v) is 6.97. The molecule has 1 fully saturated rings. The first-order valence-electron chi connectivity index (χ1n) is 6.97. The highest BCUT2D eigenvalue weighted by atomic mass is 16.6. The number of nitrogens with one attached hydrogen (secondary N) is 1. The summed E-state index contributed by atoms with van der Waals surface area (Å²) < 4.78 is 11.2. The van der Waals surface area contributed by atoms with Gasteiger partial charge in [0.05, 0.1) is 17.1 Å². The summed E-state index contributed by atoms with van der Waals surface area (Å²) in [7, 11) is 0. The van der Waals surface area contributed by atoms with Crippen molar-refractivity contribution in [3.8, 4) is 5.75 Å². The van der Waals surface area contributed by atoms with E-state index in [-0.39, 0.29) is 11.8 Å². The SMILES string of the molecule is CCNc1cc(OCC2CCCCO2)cc([N+](=O)[O-])c1. The van der Waals surface area contributed by atoms with Crippen LogP contribution in [0.3, 0.4) is 0 Å². The van der Waals surface area contributed by atoms with Gasteiger partial charge in [-0.05, 0) is 26.2 Å². The van der Waals surface area contributed by atoms with Crippen LogP contribution in [-0.4, -0.2) is 30.8 Å². The molecule has 0 aromatic heterocycles. The van der Waals surface area contributed by atoms with Gasteiger partial charge in [-0.1, -0.05) is 0 Å². The number of nitrogens with zero attached hydrogens (tertiary/aromatic N) is 1. The number of nitro benzene ring substituents is 1. The molecule has 1 heterocycles. The van der Waals surface area contributed by atoms with E-state index in [9.17, 15) is 10.1 Å². The molecule has 1 aliphatic rings. The fourth-order valence-electron chi connectivity index (χ4n) is 2.21. The Balaban J connectivity index is 2.03. The Labute approximate surface area is 118 Å². The van der Waals surface area contributed by atoms with Gasteiger partial charge in [-0.2, -0.15) is 0 Å². The standard InChI is InChI=1S/C14H20N2O4/c1-2-15-11-7-12(16(17)18)9-14(8-11)20-10-13-5-3-4-6-19-13/h7-9,13,15H,2-6,10H2,1H3. The number of nitro groups is 1. The van der Waals surface area contributed by atoms with Crippen LogP contribution in [0.1, 0.15) is 26.2 Å². The van der Waals surface area contributed by atoms with Gasteiger partial charge in [0.25, 0.3) is 5.69 Å². The van der Waals surface area contributed by atoms with Crippen molar-refractivity contribution in [3.63, 3.8) is 0 Å². The minimum absolute atomic E-state index is 0.0306. The number of hydrogen-bond donors (Lipinski definition) is 1. The van der Waals surface area contributed by atoms with Gasteiger partial charge in [0.15, 0.2) is 0 Å². The third-order valence-corrected chi connectivity index (χ3v) is 3.19. The minimum Gasteiger partial charge on any atom is -0.491 e. The number of hydrogen-bond acceptors (Lipinski definition) is 5. The molecule has 0 spiro atoms. The average molecular weight is 280 g/mol. The summed E-state index contributed by atoms with van der Waals surface area (Å²) in [4.78, 5) is 10.5. The molecule has 0 amide bonds. The molecule has 1 unspecified atom stereocenters. The van der Waals surface area contributed by atoms with Crippen LogP contribution in [0, 0.1) is 10.1 Å². The Morgan fingerprint density at radius 1 is 1.45 bits per heavy atom. The molecule has 0 aliphatic carbocycles. The van der Waals surface area contributed by atoms with Crippen LogP contribution in [0.5, 0.6) is 5.75 Å². The van der Waals surface area contributed by atoms with Crippen molar-refractivity contribution in [3.05, 3.63) is 28.3 Å². The van der Waals surface area contributed by atoms with E-state index in [2.05, 4.69) is 5.32 Å². The van der Waals surface area contributed by atoms with Crippen LogP contribution in [-0.2, 0) is 4.74 Å². The molecule has 1 saturated heterocycles. The summed E-state index contributed by atoms with van der Waals surface area (Å²) in [6.07, 6.45) is 3.31. The molecular weight excluding hydrogens is 260 g/mol. The Bertz CT molecular complexity index is 458. The normalized spacial score (nSPS) is 18.6. The van der Waals surface area contributed by atoms with E-state index in [0.29, 0.717) is 24.6 Å². The van der Waals surface area contributed by atoms with Gasteiger partial charge in [-0.25, -0.2) is 0 Å². The lowest BCUT2D eigenvalue weighted by Crippen LogP contribution is -2.25. The van der Waals surface area contributed by atoms with Crippen molar-refractivity contribution in [2.75, 3.05) is 25.1 Å². The third-order valence-electron chi connectivity index (χ3n) is 3.19. The van der Waals surface area contributed by atoms with Crippen molar-refractivity contribution < 1.29 is 14.4 Å². The zero-order valence-electron chi connectivity index (χ0n) is 11.6. The van der Waals surface area contributed by atoms with Crippen LogP contribution in [0.15, 0.2) is 18.2 Å². The zero-order chi connectivity index (χ0) is 14.4. The minimum atomic E-state index is -0.412. The predicted octanol–water partition coefficient (Wildman–Crippen LogP) is 2.97. The van der Waals surface area contributed by atoms with Crippen molar-refractivity contribution >= 4 is 11.4 Å². The molecule has 1 atom stereocenters. The van der Waals surface area contributed by atoms with Crippen LogP contribution >= 0.6 is 0 Å². The highest BCUT2D eigenvalue weighted by Gasteiger charge is 2.16. The maximum Gasteiger partial charge on any atom is 0.275 e. The van der Waals surface area contributed by atoms with Gasteiger partial charge in [0, 0.05) is 31.0 Å². The van der Waals surface area contributed by atoms with Crippen LogP contribution < -0.4 is 10.1 Å². The molecule has 0 saturated carbocycles. The quantitative estimate of drug-likeness (QED) is 0.640. The lowest BCUT2D eigenvalue weighted by Gasteiger charge is -2.22. The summed E-state index contributed by atoms with van der Waals surface area (Å²) >= 11 is 0. The van der Waals surface area contributed by atoms with Gasteiger partial charge in [0.1, 0.15) is 12.4 Å². The Kier molecular flexibility index (Phi) is 5.17. The number of rotatable bonds is 6. The van der Waals surface area contributed by atoms with Gasteiger partial charge < -0.3 is 14.8 Å². The summed E-state index contributed by atoms with van der Waals surface area (Å²) in [5.74, 6) is 0.504. The number of ether oxygens (including phenoxy) is 2. The molecule has 1 aromatic carbocycles. The summed E-state index contributed by atoms with van der Waals surface area (Å²) in [6, 6.07) is 4.73. The first-order chi connectivity index (χ1) is 9.69. The molecule has 110 valence electrons. The number of benzene rings is 1. The van der Waals surface area contributed by atoms with E-state index >= 15 is 0 Å². The van der Waals surface area contributed by atoms with Gasteiger partial charge >= 0.3 is 0 Å². The molecule has 2 rings (SSSR count). The second kappa shape index (κ2) is 7.09. The van der Waals surface area contributed by atoms with E-state index in [1.165, 1.54) is 12.1 Å². The van der Waals surface area contributed by atoms with Crippen molar-refractivity contribution in [1.82, 2.24) is 0 Å². The van der Waals surface area contributed by atoms with Gasteiger partial charge in [-0.15, -0.1) is 0 Å². The van der Waals surface area contributed by atoms with Crippen LogP contribution in [0.4, 0.5) is 11.4 Å². The Morgan fingerprint density at radius 2 is 2.30 bits per heavy atom. The molecule has 0 bridgehead atoms. The molecule has 1 N–H and O–H groups in total. The van der Waals surface area contributed by atoms with E-state index in [1.54, 1.807) is 6.07 Å². The van der Waals surface area contributed by atoms with Crippen LogP contribution in [0.25, 0.3) is 0 Å². The predicted molar refractivity (Wildman–Crippen MR) is 76.3 cm³/mol. The van der Waals surface area contributed by atoms with E-state index in [1.807, 2.05) is 6.92 Å². The second-order valence-electron chi connectivity index (χ2n) is 4.80. The molecule has 6 heteroatoms. The van der Waals surface area contributed by atoms with E-state index in [4.69, 9.17) is 9.47 Å². The number of anilines is 1. The molecule has 1 aliphatic heterocycles. The maximum absolute atomic E-state index is 10.9. The highest BCUT2D eigenvalue weighted by Crippen LogP contribution is 2.26. The fourth-order valence-corrected chi connectivity index (χ4v) is 2.21. The summed E-state index contributed by atoms with van der Waals surface area (Å²) in [6.45, 7) is 3.85. The van der Waals surface area contributed by atoms with Crippen LogP contribution in [0.2, 0.25) is 0 Å². The number of non-ortho nitro benzene ring substituents is 1.